The lowest BCUT2D eigenvalue weighted by atomic mass is 9.84. The molecule has 4 rings (SSSR count). The van der Waals surface area contributed by atoms with E-state index >= 15 is 0 Å². The molecule has 2 aliphatic heterocycles. The number of hydrogen-bond donors (Lipinski definition) is 0. The summed E-state index contributed by atoms with van der Waals surface area (Å²) in [6.07, 6.45) is 3.39. The zero-order valence-electron chi connectivity index (χ0n) is 20.3. The van der Waals surface area contributed by atoms with Crippen molar-refractivity contribution in [2.24, 2.45) is 5.92 Å². The van der Waals surface area contributed by atoms with Gasteiger partial charge in [-0.15, -0.1) is 0 Å². The summed E-state index contributed by atoms with van der Waals surface area (Å²) in [6.45, 7) is 3.76. The molecule has 0 spiro atoms. The van der Waals surface area contributed by atoms with Crippen molar-refractivity contribution in [2.45, 2.75) is 38.1 Å². The Hall–Kier alpha value is -2.35. The minimum absolute atomic E-state index is 0.0456. The fourth-order valence-electron chi connectivity index (χ4n) is 5.21. The van der Waals surface area contributed by atoms with Gasteiger partial charge in [0.25, 0.3) is 5.91 Å². The van der Waals surface area contributed by atoms with Crippen molar-refractivity contribution >= 4 is 52.5 Å². The summed E-state index contributed by atoms with van der Waals surface area (Å²) in [5.41, 5.74) is 1.23. The van der Waals surface area contributed by atoms with Gasteiger partial charge in [-0.05, 0) is 49.1 Å². The maximum atomic E-state index is 13.5. The fourth-order valence-corrected chi connectivity index (χ4v) is 5.63. The number of nitrogens with zero attached hydrogens (tertiary/aromatic N) is 4. The number of aromatic nitrogens is 1. The smallest absolute Gasteiger partial charge is 0.272 e. The molecular weight excluding hydrogens is 523 g/mol. The van der Waals surface area contributed by atoms with Crippen molar-refractivity contribution in [2.75, 3.05) is 33.2 Å². The van der Waals surface area contributed by atoms with Crippen molar-refractivity contribution in [1.82, 2.24) is 19.7 Å². The number of rotatable bonds is 4. The van der Waals surface area contributed by atoms with Gasteiger partial charge in [-0.3, -0.25) is 14.4 Å². The number of carbonyl (C=O) groups is 3. The fraction of sp³-hybridized carbons (Fsp3) is 0.462. The number of likely N-dealkylation sites (N-methyl/N-ethyl adjacent to an activating group) is 1. The van der Waals surface area contributed by atoms with Gasteiger partial charge < -0.3 is 14.7 Å². The molecule has 0 bridgehead atoms. The summed E-state index contributed by atoms with van der Waals surface area (Å²) >= 11 is 18.5. The molecule has 0 saturated carbocycles. The zero-order valence-corrected chi connectivity index (χ0v) is 22.6. The lowest BCUT2D eigenvalue weighted by Gasteiger charge is -2.44. The maximum Gasteiger partial charge on any atom is 0.272 e. The largest absolute Gasteiger partial charge is 0.343 e. The van der Waals surface area contributed by atoms with Crippen LogP contribution in [0.25, 0.3) is 0 Å². The van der Waals surface area contributed by atoms with Crippen LogP contribution >= 0.6 is 34.8 Å². The molecule has 7 nitrogen and oxygen atoms in total. The number of piperidine rings is 2. The zero-order chi connectivity index (χ0) is 26.0. The van der Waals surface area contributed by atoms with Gasteiger partial charge >= 0.3 is 0 Å². The molecule has 2 fully saturated rings. The minimum Gasteiger partial charge on any atom is -0.343 e. The number of pyridine rings is 1. The molecule has 36 heavy (non-hydrogen) atoms. The highest BCUT2D eigenvalue weighted by Gasteiger charge is 2.39. The summed E-state index contributed by atoms with van der Waals surface area (Å²) in [5, 5.41) is 1.35. The average Bonchev–Trinajstić information content (AvgIpc) is 2.89. The summed E-state index contributed by atoms with van der Waals surface area (Å²) in [6, 6.07) is 8.56. The summed E-state index contributed by atoms with van der Waals surface area (Å²) < 4.78 is 0. The molecule has 2 aromatic rings. The van der Waals surface area contributed by atoms with Crippen LogP contribution in [0.15, 0.2) is 36.5 Å². The van der Waals surface area contributed by atoms with Crippen molar-refractivity contribution in [3.63, 3.8) is 0 Å². The Labute approximate surface area is 226 Å². The third kappa shape index (κ3) is 5.79. The molecule has 0 radical (unpaired) electrons. The maximum absolute atomic E-state index is 13.5. The van der Waals surface area contributed by atoms with E-state index in [2.05, 4.69) is 4.98 Å². The first kappa shape index (κ1) is 26.7. The third-order valence-electron chi connectivity index (χ3n) is 7.31. The van der Waals surface area contributed by atoms with Gasteiger partial charge in [0.15, 0.2) is 0 Å². The predicted octanol–water partition coefficient (Wildman–Crippen LogP) is 4.76. The first-order valence-electron chi connectivity index (χ1n) is 12.0. The number of hydrogen-bond acceptors (Lipinski definition) is 4. The van der Waals surface area contributed by atoms with Gasteiger partial charge in [0.1, 0.15) is 5.69 Å². The van der Waals surface area contributed by atoms with Crippen LogP contribution in [-0.2, 0) is 9.59 Å². The average molecular weight is 552 g/mol. The minimum atomic E-state index is -0.210. The quantitative estimate of drug-likeness (QED) is 0.549. The van der Waals surface area contributed by atoms with E-state index in [9.17, 15) is 14.4 Å². The second kappa shape index (κ2) is 11.4. The van der Waals surface area contributed by atoms with Gasteiger partial charge in [0, 0.05) is 64.2 Å². The molecule has 2 aliphatic rings. The van der Waals surface area contributed by atoms with Gasteiger partial charge in [-0.1, -0.05) is 40.9 Å². The van der Waals surface area contributed by atoms with E-state index in [0.29, 0.717) is 66.2 Å². The molecule has 2 atom stereocenters. The normalized spacial score (nSPS) is 20.8. The van der Waals surface area contributed by atoms with Crippen LogP contribution in [0.1, 0.15) is 48.2 Å². The Morgan fingerprint density at radius 2 is 1.64 bits per heavy atom. The van der Waals surface area contributed by atoms with E-state index in [0.717, 1.165) is 5.56 Å². The van der Waals surface area contributed by atoms with E-state index in [1.807, 2.05) is 17.0 Å². The van der Waals surface area contributed by atoms with E-state index in [-0.39, 0.29) is 35.6 Å². The van der Waals surface area contributed by atoms with Crippen LogP contribution in [0.5, 0.6) is 0 Å². The Morgan fingerprint density at radius 1 is 0.944 bits per heavy atom. The van der Waals surface area contributed by atoms with Gasteiger partial charge in [0.2, 0.25) is 11.8 Å². The highest BCUT2D eigenvalue weighted by molar-refractivity contribution is 6.42. The molecule has 0 aliphatic carbocycles. The first-order valence-corrected chi connectivity index (χ1v) is 13.2. The lowest BCUT2D eigenvalue weighted by molar-refractivity contribution is -0.141. The lowest BCUT2D eigenvalue weighted by Crippen LogP contribution is -2.53. The Balaban J connectivity index is 1.55. The van der Waals surface area contributed by atoms with Crippen LogP contribution in [-0.4, -0.2) is 76.7 Å². The highest BCUT2D eigenvalue weighted by Crippen LogP contribution is 2.35. The highest BCUT2D eigenvalue weighted by atomic mass is 35.5. The molecule has 3 amide bonds. The third-order valence-corrected chi connectivity index (χ3v) is 8.28. The van der Waals surface area contributed by atoms with Crippen molar-refractivity contribution in [1.29, 1.82) is 0 Å². The van der Waals surface area contributed by atoms with Gasteiger partial charge in [-0.2, -0.15) is 0 Å². The topological polar surface area (TPSA) is 73.8 Å². The van der Waals surface area contributed by atoms with Crippen LogP contribution in [0, 0.1) is 5.92 Å². The van der Waals surface area contributed by atoms with Crippen LogP contribution in [0.2, 0.25) is 15.1 Å². The Kier molecular flexibility index (Phi) is 8.43. The predicted molar refractivity (Wildman–Crippen MR) is 141 cm³/mol. The molecule has 10 heteroatoms. The van der Waals surface area contributed by atoms with Crippen LogP contribution in [0.3, 0.4) is 0 Å². The van der Waals surface area contributed by atoms with Gasteiger partial charge in [0.05, 0.1) is 15.1 Å². The Morgan fingerprint density at radius 3 is 2.25 bits per heavy atom. The van der Waals surface area contributed by atoms with E-state index in [1.54, 1.807) is 42.0 Å². The standard InChI is InChI=1S/C26H29Cl3N4O3/c1-16(34)32-10-7-17(8-11-32)25(35)33-12-9-24(20(15-33)18-3-5-21(28)22(29)13-18)31(2)26(36)23-6-4-19(27)14-30-23/h3-6,13-14,17,20,24H,7-12,15H2,1-2H3/t20-,24+/m0/s1. The molecule has 192 valence electrons. The SMILES string of the molecule is CC(=O)N1CCC(C(=O)N2CC[C@@H](N(C)C(=O)c3ccc(Cl)cn3)[C@H](c3ccc(Cl)c(Cl)c3)C2)CC1. The number of amides is 3. The second-order valence-electron chi connectivity index (χ2n) is 9.48. The van der Waals surface area contributed by atoms with Crippen LogP contribution < -0.4 is 0 Å². The number of halogens is 3. The van der Waals surface area contributed by atoms with Crippen LogP contribution in [0.4, 0.5) is 0 Å². The molecule has 2 saturated heterocycles. The number of benzene rings is 1. The van der Waals surface area contributed by atoms with Gasteiger partial charge in [-0.25, -0.2) is 4.98 Å². The molecule has 3 heterocycles. The molecule has 0 unspecified atom stereocenters. The summed E-state index contributed by atoms with van der Waals surface area (Å²) in [5.74, 6) is -0.322. The molecule has 1 aromatic heterocycles. The van der Waals surface area contributed by atoms with E-state index in [4.69, 9.17) is 34.8 Å². The van der Waals surface area contributed by atoms with Crippen molar-refractivity contribution in [3.05, 3.63) is 62.9 Å². The van der Waals surface area contributed by atoms with Crippen molar-refractivity contribution < 1.29 is 14.4 Å². The Bertz CT molecular complexity index is 1140. The number of carbonyl (C=O) groups excluding carboxylic acids is 3. The molecule has 0 N–H and O–H groups in total. The second-order valence-corrected chi connectivity index (χ2v) is 10.7. The number of likely N-dealkylation sites (tertiary alicyclic amines) is 2. The first-order chi connectivity index (χ1) is 17.2. The molecule has 1 aromatic carbocycles. The summed E-state index contributed by atoms with van der Waals surface area (Å²) in [7, 11) is 1.77. The molecular formula is C26H29Cl3N4O3. The van der Waals surface area contributed by atoms with Crippen molar-refractivity contribution in [3.8, 4) is 0 Å². The van der Waals surface area contributed by atoms with E-state index < -0.39 is 0 Å². The van der Waals surface area contributed by atoms with E-state index in [1.165, 1.54) is 6.20 Å². The summed E-state index contributed by atoms with van der Waals surface area (Å²) in [4.78, 5) is 48.0. The monoisotopic (exact) mass is 550 g/mol.